The zero-order chi connectivity index (χ0) is 9.52. The van der Waals surface area contributed by atoms with E-state index in [0.29, 0.717) is 6.04 Å². The second kappa shape index (κ2) is 6.00. The summed E-state index contributed by atoms with van der Waals surface area (Å²) >= 11 is 1.80. The number of aromatic nitrogens is 1. The highest BCUT2D eigenvalue weighted by Crippen LogP contribution is 2.17. The Kier molecular flexibility index (Phi) is 4.86. The summed E-state index contributed by atoms with van der Waals surface area (Å²) < 4.78 is 0. The molecule has 0 saturated heterocycles. The summed E-state index contributed by atoms with van der Waals surface area (Å²) in [6.45, 7) is 2.16. The molecule has 1 rings (SSSR count). The molecule has 1 unspecified atom stereocenters. The van der Waals surface area contributed by atoms with Crippen LogP contribution < -0.4 is 5.73 Å². The molecule has 3 heteroatoms. The maximum absolute atomic E-state index is 5.90. The lowest BCUT2D eigenvalue weighted by Crippen LogP contribution is -2.22. The van der Waals surface area contributed by atoms with E-state index in [4.69, 9.17) is 5.73 Å². The first-order valence-electron chi connectivity index (χ1n) is 4.61. The van der Waals surface area contributed by atoms with Crippen LogP contribution in [0.2, 0.25) is 0 Å². The van der Waals surface area contributed by atoms with Gasteiger partial charge in [0.2, 0.25) is 0 Å². The van der Waals surface area contributed by atoms with Crippen molar-refractivity contribution in [2.24, 2.45) is 5.73 Å². The molecule has 0 aliphatic carbocycles. The highest BCUT2D eigenvalue weighted by molar-refractivity contribution is 7.99. The van der Waals surface area contributed by atoms with Crippen LogP contribution in [0.3, 0.4) is 0 Å². The third-order valence-corrected chi connectivity index (χ3v) is 2.97. The van der Waals surface area contributed by atoms with Crippen molar-refractivity contribution in [3.63, 3.8) is 0 Å². The van der Waals surface area contributed by atoms with Gasteiger partial charge in [0.25, 0.3) is 0 Å². The fourth-order valence-corrected chi connectivity index (χ4v) is 1.98. The van der Waals surface area contributed by atoms with Gasteiger partial charge in [0.05, 0.1) is 0 Å². The fourth-order valence-electron chi connectivity index (χ4n) is 1.09. The van der Waals surface area contributed by atoms with Crippen LogP contribution in [-0.4, -0.2) is 16.8 Å². The minimum atomic E-state index is 0.322. The molecule has 72 valence electrons. The summed E-state index contributed by atoms with van der Waals surface area (Å²) in [5.74, 6) is 0.998. The molecular formula is C10H16N2S. The highest BCUT2D eigenvalue weighted by atomic mass is 32.2. The van der Waals surface area contributed by atoms with E-state index in [-0.39, 0.29) is 0 Å². The minimum Gasteiger partial charge on any atom is -0.327 e. The van der Waals surface area contributed by atoms with Gasteiger partial charge in [0.15, 0.2) is 0 Å². The monoisotopic (exact) mass is 196 g/mol. The number of nitrogens with zero attached hydrogens (tertiary/aromatic N) is 1. The van der Waals surface area contributed by atoms with E-state index in [1.54, 1.807) is 11.8 Å². The van der Waals surface area contributed by atoms with Crippen molar-refractivity contribution in [3.05, 3.63) is 24.5 Å². The quantitative estimate of drug-likeness (QED) is 0.734. The Balaban J connectivity index is 2.27. The first kappa shape index (κ1) is 10.5. The van der Waals surface area contributed by atoms with Gasteiger partial charge in [-0.15, -0.1) is 11.8 Å². The number of thioether (sulfide) groups is 1. The minimum absolute atomic E-state index is 0.322. The first-order valence-corrected chi connectivity index (χ1v) is 5.60. The molecular weight excluding hydrogens is 180 g/mol. The van der Waals surface area contributed by atoms with E-state index < -0.39 is 0 Å². The largest absolute Gasteiger partial charge is 0.327 e. The Morgan fingerprint density at radius 3 is 2.77 bits per heavy atom. The van der Waals surface area contributed by atoms with Crippen LogP contribution >= 0.6 is 11.8 Å². The van der Waals surface area contributed by atoms with Crippen LogP contribution in [0.1, 0.15) is 19.8 Å². The highest BCUT2D eigenvalue weighted by Gasteiger charge is 2.01. The summed E-state index contributed by atoms with van der Waals surface area (Å²) in [7, 11) is 0. The maximum atomic E-state index is 5.90. The normalized spacial score (nSPS) is 12.8. The maximum Gasteiger partial charge on any atom is 0.0278 e. The van der Waals surface area contributed by atoms with Crippen molar-refractivity contribution in [1.82, 2.24) is 4.98 Å². The van der Waals surface area contributed by atoms with Gasteiger partial charge in [-0.1, -0.05) is 13.3 Å². The average Bonchev–Trinajstić information content (AvgIpc) is 2.17. The summed E-state index contributed by atoms with van der Waals surface area (Å²) in [5.41, 5.74) is 5.90. The molecule has 0 bridgehead atoms. The predicted molar refractivity (Wildman–Crippen MR) is 57.8 cm³/mol. The predicted octanol–water partition coefficient (Wildman–Crippen LogP) is 2.30. The van der Waals surface area contributed by atoms with Crippen molar-refractivity contribution in [1.29, 1.82) is 0 Å². The third-order valence-electron chi connectivity index (χ3n) is 1.77. The molecule has 0 saturated carbocycles. The second-order valence-electron chi connectivity index (χ2n) is 3.04. The summed E-state index contributed by atoms with van der Waals surface area (Å²) in [4.78, 5) is 5.22. The summed E-state index contributed by atoms with van der Waals surface area (Å²) in [6.07, 6.45) is 5.90. The van der Waals surface area contributed by atoms with Gasteiger partial charge in [-0.3, -0.25) is 4.98 Å². The molecule has 0 fully saturated rings. The molecule has 1 aromatic heterocycles. The zero-order valence-electron chi connectivity index (χ0n) is 7.94. The number of pyridine rings is 1. The molecule has 2 N–H and O–H groups in total. The van der Waals surface area contributed by atoms with Crippen molar-refractivity contribution in [2.45, 2.75) is 30.7 Å². The van der Waals surface area contributed by atoms with Gasteiger partial charge in [-0.25, -0.2) is 0 Å². The molecule has 0 aromatic carbocycles. The Labute approximate surface area is 83.9 Å². The van der Waals surface area contributed by atoms with E-state index in [9.17, 15) is 0 Å². The van der Waals surface area contributed by atoms with Gasteiger partial charge < -0.3 is 5.73 Å². The van der Waals surface area contributed by atoms with Crippen molar-refractivity contribution in [3.8, 4) is 0 Å². The van der Waals surface area contributed by atoms with Crippen LogP contribution in [-0.2, 0) is 0 Å². The molecule has 1 aromatic rings. The number of nitrogens with two attached hydrogens (primary N) is 1. The van der Waals surface area contributed by atoms with Crippen molar-refractivity contribution < 1.29 is 0 Å². The average molecular weight is 196 g/mol. The Bertz CT molecular complexity index is 226. The smallest absolute Gasteiger partial charge is 0.0278 e. The van der Waals surface area contributed by atoms with E-state index in [0.717, 1.165) is 18.6 Å². The van der Waals surface area contributed by atoms with E-state index in [2.05, 4.69) is 11.9 Å². The lowest BCUT2D eigenvalue weighted by molar-refractivity contribution is 0.661. The molecule has 0 spiro atoms. The molecule has 1 atom stereocenters. The SMILES string of the molecule is CCCC(N)CSc1ccncc1. The second-order valence-corrected chi connectivity index (χ2v) is 4.14. The van der Waals surface area contributed by atoms with Crippen LogP contribution in [0.15, 0.2) is 29.4 Å². The number of rotatable bonds is 5. The number of hydrogen-bond acceptors (Lipinski definition) is 3. The number of hydrogen-bond donors (Lipinski definition) is 1. The first-order chi connectivity index (χ1) is 6.33. The summed E-state index contributed by atoms with van der Waals surface area (Å²) in [5, 5.41) is 0. The Hall–Kier alpha value is -0.540. The van der Waals surface area contributed by atoms with Crippen LogP contribution in [0.25, 0.3) is 0 Å². The summed E-state index contributed by atoms with van der Waals surface area (Å²) in [6, 6.07) is 4.36. The van der Waals surface area contributed by atoms with Crippen molar-refractivity contribution >= 4 is 11.8 Å². The van der Waals surface area contributed by atoms with E-state index in [1.807, 2.05) is 24.5 Å². The standard InChI is InChI=1S/C10H16N2S/c1-2-3-9(11)8-13-10-4-6-12-7-5-10/h4-7,9H,2-3,8,11H2,1H3. The third kappa shape index (κ3) is 4.29. The molecule has 2 nitrogen and oxygen atoms in total. The van der Waals surface area contributed by atoms with Gasteiger partial charge in [-0.05, 0) is 18.6 Å². The topological polar surface area (TPSA) is 38.9 Å². The molecule has 1 heterocycles. The fraction of sp³-hybridized carbons (Fsp3) is 0.500. The van der Waals surface area contributed by atoms with Gasteiger partial charge in [0, 0.05) is 29.1 Å². The van der Waals surface area contributed by atoms with Gasteiger partial charge in [0.1, 0.15) is 0 Å². The molecule has 0 aliphatic rings. The molecule has 0 radical (unpaired) electrons. The van der Waals surface area contributed by atoms with E-state index >= 15 is 0 Å². The Morgan fingerprint density at radius 2 is 2.15 bits per heavy atom. The lowest BCUT2D eigenvalue weighted by Gasteiger charge is -2.08. The molecule has 13 heavy (non-hydrogen) atoms. The molecule has 0 aliphatic heterocycles. The Morgan fingerprint density at radius 1 is 1.46 bits per heavy atom. The van der Waals surface area contributed by atoms with E-state index in [1.165, 1.54) is 4.90 Å². The lowest BCUT2D eigenvalue weighted by atomic mass is 10.2. The van der Waals surface area contributed by atoms with Crippen LogP contribution in [0.4, 0.5) is 0 Å². The zero-order valence-corrected chi connectivity index (χ0v) is 8.76. The van der Waals surface area contributed by atoms with Crippen LogP contribution in [0.5, 0.6) is 0 Å². The molecule has 0 amide bonds. The van der Waals surface area contributed by atoms with Crippen LogP contribution in [0, 0.1) is 0 Å². The van der Waals surface area contributed by atoms with Crippen molar-refractivity contribution in [2.75, 3.05) is 5.75 Å². The van der Waals surface area contributed by atoms with Gasteiger partial charge in [-0.2, -0.15) is 0 Å². The van der Waals surface area contributed by atoms with Gasteiger partial charge >= 0.3 is 0 Å².